The Bertz CT molecular complexity index is 759. The first-order valence-electron chi connectivity index (χ1n) is 7.03. The average Bonchev–Trinajstić information content (AvgIpc) is 3.02. The van der Waals surface area contributed by atoms with Crippen LogP contribution in [-0.2, 0) is 26.4 Å². The molecule has 0 aliphatic heterocycles. The van der Waals surface area contributed by atoms with Crippen molar-refractivity contribution in [3.05, 3.63) is 41.6 Å². The van der Waals surface area contributed by atoms with Crippen LogP contribution in [0.15, 0.2) is 24.7 Å². The second kappa shape index (κ2) is 5.85. The molecule has 0 aliphatic rings. The van der Waals surface area contributed by atoms with Gasteiger partial charge in [0.1, 0.15) is 11.3 Å². The van der Waals surface area contributed by atoms with Crippen molar-refractivity contribution in [2.45, 2.75) is 26.3 Å². The van der Waals surface area contributed by atoms with Crippen molar-refractivity contribution in [2.24, 2.45) is 7.05 Å². The van der Waals surface area contributed by atoms with Crippen LogP contribution in [0.4, 0.5) is 0 Å². The normalized spacial score (nSPS) is 11.4. The molecule has 0 saturated heterocycles. The molecule has 3 rings (SSSR count). The monoisotopic (exact) mass is 303 g/mol. The van der Waals surface area contributed by atoms with Crippen LogP contribution in [-0.4, -0.2) is 30.2 Å². The van der Waals surface area contributed by atoms with Crippen molar-refractivity contribution in [1.29, 1.82) is 0 Å². The summed E-state index contributed by atoms with van der Waals surface area (Å²) in [5.74, 6) is 1.57. The molecule has 0 aromatic carbocycles. The minimum atomic E-state index is 0.565. The summed E-state index contributed by atoms with van der Waals surface area (Å²) in [6, 6.07) is 1.99. The van der Waals surface area contributed by atoms with Crippen LogP contribution in [0.3, 0.4) is 0 Å². The lowest BCUT2D eigenvalue weighted by molar-refractivity contribution is 0.669. The second-order valence-electron chi connectivity index (χ2n) is 5.19. The van der Waals surface area contributed by atoms with Gasteiger partial charge in [-0.2, -0.15) is 5.10 Å². The van der Waals surface area contributed by atoms with E-state index in [1.807, 2.05) is 36.4 Å². The summed E-state index contributed by atoms with van der Waals surface area (Å²) in [7, 11) is 1.93. The third-order valence-corrected chi connectivity index (χ3v) is 3.80. The van der Waals surface area contributed by atoms with Gasteiger partial charge in [-0.25, -0.2) is 9.97 Å². The molecule has 0 fully saturated rings. The van der Waals surface area contributed by atoms with Crippen LogP contribution in [0.1, 0.15) is 17.0 Å². The molecule has 5 nitrogen and oxygen atoms in total. The van der Waals surface area contributed by atoms with Crippen LogP contribution >= 0.6 is 11.6 Å². The van der Waals surface area contributed by atoms with Crippen molar-refractivity contribution in [2.75, 3.05) is 5.88 Å². The van der Waals surface area contributed by atoms with Crippen molar-refractivity contribution < 1.29 is 0 Å². The zero-order valence-electron chi connectivity index (χ0n) is 12.3. The van der Waals surface area contributed by atoms with Gasteiger partial charge < -0.3 is 4.57 Å². The maximum Gasteiger partial charge on any atom is 0.160 e. The van der Waals surface area contributed by atoms with E-state index in [0.29, 0.717) is 5.88 Å². The zero-order chi connectivity index (χ0) is 14.8. The predicted octanol–water partition coefficient (Wildman–Crippen LogP) is 2.50. The van der Waals surface area contributed by atoms with Crippen molar-refractivity contribution in [3.63, 3.8) is 0 Å². The second-order valence-corrected chi connectivity index (χ2v) is 5.57. The predicted molar refractivity (Wildman–Crippen MR) is 83.6 cm³/mol. The van der Waals surface area contributed by atoms with Crippen molar-refractivity contribution in [3.8, 4) is 0 Å². The zero-order valence-corrected chi connectivity index (χ0v) is 13.0. The molecule has 110 valence electrons. The Labute approximate surface area is 128 Å². The van der Waals surface area contributed by atoms with E-state index in [2.05, 4.69) is 21.6 Å². The van der Waals surface area contributed by atoms with Gasteiger partial charge in [0.05, 0.1) is 6.20 Å². The van der Waals surface area contributed by atoms with Gasteiger partial charge in [0.15, 0.2) is 5.65 Å². The maximum atomic E-state index is 5.91. The summed E-state index contributed by atoms with van der Waals surface area (Å²) < 4.78 is 4.00. The summed E-state index contributed by atoms with van der Waals surface area (Å²) in [6.07, 6.45) is 7.44. The molecule has 6 heteroatoms. The highest BCUT2D eigenvalue weighted by atomic mass is 35.5. The minimum absolute atomic E-state index is 0.565. The van der Waals surface area contributed by atoms with E-state index in [1.54, 1.807) is 0 Å². The van der Waals surface area contributed by atoms with Gasteiger partial charge in [-0.1, -0.05) is 0 Å². The Kier molecular flexibility index (Phi) is 3.92. The number of rotatable bonds is 5. The molecular formula is C15H18ClN5. The van der Waals surface area contributed by atoms with E-state index in [0.717, 1.165) is 41.9 Å². The van der Waals surface area contributed by atoms with Gasteiger partial charge >= 0.3 is 0 Å². The molecule has 0 bridgehead atoms. The van der Waals surface area contributed by atoms with Gasteiger partial charge in [-0.3, -0.25) is 4.68 Å². The Morgan fingerprint density at radius 2 is 2.14 bits per heavy atom. The lowest BCUT2D eigenvalue weighted by Gasteiger charge is -2.06. The highest BCUT2D eigenvalue weighted by Gasteiger charge is 2.13. The van der Waals surface area contributed by atoms with Crippen LogP contribution in [0.25, 0.3) is 11.2 Å². The fourth-order valence-electron chi connectivity index (χ4n) is 2.54. The Morgan fingerprint density at radius 1 is 1.29 bits per heavy atom. The Hall–Kier alpha value is -1.88. The molecule has 0 unspecified atom stereocenters. The number of hydrogen-bond donors (Lipinski definition) is 0. The molecule has 0 spiro atoms. The molecule has 3 heterocycles. The number of nitrogens with zero attached hydrogens (tertiary/aromatic N) is 5. The topological polar surface area (TPSA) is 48.5 Å². The number of fused-ring (bicyclic) bond motifs is 1. The quantitative estimate of drug-likeness (QED) is 0.680. The van der Waals surface area contributed by atoms with Crippen LogP contribution in [0.5, 0.6) is 0 Å². The first-order valence-corrected chi connectivity index (χ1v) is 7.56. The van der Waals surface area contributed by atoms with Crippen LogP contribution in [0, 0.1) is 6.92 Å². The standard InChI is InChI=1S/C15H18ClN5/c1-11-4-7-17-15-14(11)19-13(3-6-16)21(15)8-5-12-9-18-20(2)10-12/h4,7,9-10H,3,5-6,8H2,1-2H3. The van der Waals surface area contributed by atoms with E-state index in [9.17, 15) is 0 Å². The summed E-state index contributed by atoms with van der Waals surface area (Å²) in [5.41, 5.74) is 4.28. The van der Waals surface area contributed by atoms with E-state index in [1.165, 1.54) is 5.56 Å². The largest absolute Gasteiger partial charge is 0.312 e. The number of alkyl halides is 1. The van der Waals surface area contributed by atoms with Gasteiger partial charge in [0.25, 0.3) is 0 Å². The van der Waals surface area contributed by atoms with Crippen LogP contribution < -0.4 is 0 Å². The van der Waals surface area contributed by atoms with E-state index < -0.39 is 0 Å². The molecule has 0 radical (unpaired) electrons. The first-order chi connectivity index (χ1) is 10.2. The van der Waals surface area contributed by atoms with Gasteiger partial charge in [-0.15, -0.1) is 11.6 Å². The number of hydrogen-bond acceptors (Lipinski definition) is 3. The molecule has 21 heavy (non-hydrogen) atoms. The van der Waals surface area contributed by atoms with Gasteiger partial charge in [-0.05, 0) is 30.5 Å². The number of aromatic nitrogens is 5. The van der Waals surface area contributed by atoms with Crippen molar-refractivity contribution >= 4 is 22.8 Å². The molecule has 0 N–H and O–H groups in total. The molecule has 3 aromatic rings. The van der Waals surface area contributed by atoms with Gasteiger partial charge in [0, 0.05) is 38.3 Å². The van der Waals surface area contributed by atoms with E-state index in [-0.39, 0.29) is 0 Å². The first kappa shape index (κ1) is 14.1. The molecule has 3 aromatic heterocycles. The fourth-order valence-corrected chi connectivity index (χ4v) is 2.70. The van der Waals surface area contributed by atoms with Crippen LogP contribution in [0.2, 0.25) is 0 Å². The highest BCUT2D eigenvalue weighted by molar-refractivity contribution is 6.17. The smallest absolute Gasteiger partial charge is 0.160 e. The highest BCUT2D eigenvalue weighted by Crippen LogP contribution is 2.19. The molecule has 0 aliphatic carbocycles. The number of pyridine rings is 1. The minimum Gasteiger partial charge on any atom is -0.312 e. The SMILES string of the molecule is Cc1ccnc2c1nc(CCCl)n2CCc1cnn(C)c1. The van der Waals surface area contributed by atoms with E-state index in [4.69, 9.17) is 16.6 Å². The summed E-state index contributed by atoms with van der Waals surface area (Å²) in [6.45, 7) is 2.90. The van der Waals surface area contributed by atoms with Gasteiger partial charge in [0.2, 0.25) is 0 Å². The van der Waals surface area contributed by atoms with Crippen molar-refractivity contribution in [1.82, 2.24) is 24.3 Å². The molecular weight excluding hydrogens is 286 g/mol. The fraction of sp³-hybridized carbons (Fsp3) is 0.400. The third-order valence-electron chi connectivity index (χ3n) is 3.62. The van der Waals surface area contributed by atoms with E-state index >= 15 is 0 Å². The number of halogens is 1. The maximum absolute atomic E-state index is 5.91. The third kappa shape index (κ3) is 2.78. The lowest BCUT2D eigenvalue weighted by atomic mass is 10.2. The molecule has 0 saturated carbocycles. The summed E-state index contributed by atoms with van der Waals surface area (Å²) in [5, 5.41) is 4.21. The average molecular weight is 304 g/mol. The lowest BCUT2D eigenvalue weighted by Crippen LogP contribution is -2.07. The number of imidazole rings is 1. The summed E-state index contributed by atoms with van der Waals surface area (Å²) >= 11 is 5.91. The molecule has 0 atom stereocenters. The Balaban J connectivity index is 1.95. The summed E-state index contributed by atoms with van der Waals surface area (Å²) in [4.78, 5) is 9.21. The molecule has 0 amide bonds. The Morgan fingerprint density at radius 3 is 2.86 bits per heavy atom. The number of aryl methyl sites for hydroxylation is 5.